The molecule has 1 saturated heterocycles. The van der Waals surface area contributed by atoms with E-state index < -0.39 is 23.7 Å². The number of carbonyl (C=O) groups is 3. The molecule has 0 radical (unpaired) electrons. The Hall–Kier alpha value is -1.59. The van der Waals surface area contributed by atoms with Crippen LogP contribution in [0, 0.1) is 0 Å². The molecular weight excluding hydrogens is 226 g/mol. The van der Waals surface area contributed by atoms with Crippen LogP contribution in [0.15, 0.2) is 0 Å². The summed E-state index contributed by atoms with van der Waals surface area (Å²) in [6, 6.07) is -1.13. The molecule has 1 amide bonds. The number of esters is 1. The van der Waals surface area contributed by atoms with Gasteiger partial charge in [-0.2, -0.15) is 0 Å². The molecule has 1 aliphatic rings. The van der Waals surface area contributed by atoms with Crippen molar-refractivity contribution in [3.05, 3.63) is 0 Å². The lowest BCUT2D eigenvalue weighted by atomic mass is 10.0. The third kappa shape index (κ3) is 3.18. The third-order valence-electron chi connectivity index (χ3n) is 2.08. The second kappa shape index (κ2) is 4.73. The minimum Gasteiger partial charge on any atom is -0.464 e. The van der Waals surface area contributed by atoms with Crippen LogP contribution >= 0.6 is 0 Å². The summed E-state index contributed by atoms with van der Waals surface area (Å²) in [6.07, 6.45) is -0.671. The topological polar surface area (TPSA) is 72.9 Å². The summed E-state index contributed by atoms with van der Waals surface area (Å²) in [4.78, 5) is 35.4. The Balaban J connectivity index is 2.64. The lowest BCUT2D eigenvalue weighted by molar-refractivity contribution is -0.160. The number of hydrogen-bond acceptors (Lipinski definition) is 5. The number of hydrogen-bond donors (Lipinski definition) is 0. The summed E-state index contributed by atoms with van der Waals surface area (Å²) in [5.41, 5.74) is -0.658. The van der Waals surface area contributed by atoms with E-state index in [-0.39, 0.29) is 18.9 Å². The summed E-state index contributed by atoms with van der Waals surface area (Å²) in [6.45, 7) is 6.85. The van der Waals surface area contributed by atoms with E-state index in [1.807, 2.05) is 0 Å². The van der Waals surface area contributed by atoms with Crippen molar-refractivity contribution in [1.82, 2.24) is 4.90 Å². The largest absolute Gasteiger partial charge is 0.464 e. The normalized spacial score (nSPS) is 19.6. The van der Waals surface area contributed by atoms with Crippen LogP contribution in [0.5, 0.6) is 0 Å². The lowest BCUT2D eigenvalue weighted by Crippen LogP contribution is -2.64. The summed E-state index contributed by atoms with van der Waals surface area (Å²) in [5, 5.41) is 0. The van der Waals surface area contributed by atoms with Crippen LogP contribution in [-0.2, 0) is 19.1 Å². The zero-order valence-corrected chi connectivity index (χ0v) is 10.5. The molecular formula is C11H17NO5. The number of Topliss-reactive ketones (excluding diaryl/α,β-unsaturated/α-hetero) is 1. The predicted molar refractivity (Wildman–Crippen MR) is 58.4 cm³/mol. The monoisotopic (exact) mass is 243 g/mol. The van der Waals surface area contributed by atoms with Crippen LogP contribution in [0.2, 0.25) is 0 Å². The van der Waals surface area contributed by atoms with E-state index in [0.717, 1.165) is 4.90 Å². The van der Waals surface area contributed by atoms with Crippen LogP contribution < -0.4 is 0 Å². The first-order chi connectivity index (χ1) is 7.76. The summed E-state index contributed by atoms with van der Waals surface area (Å²) >= 11 is 0. The standard InChI is InChI=1S/C11H17NO5/c1-5-16-9(14)8-7(13)6-12(8)10(15)17-11(2,3)4/h8H,5-6H2,1-4H3. The molecule has 1 rings (SSSR count). The van der Waals surface area contributed by atoms with Crippen molar-refractivity contribution in [2.45, 2.75) is 39.3 Å². The number of likely N-dealkylation sites (tertiary alicyclic amines) is 1. The van der Waals surface area contributed by atoms with Gasteiger partial charge in [-0.3, -0.25) is 9.69 Å². The molecule has 0 aromatic carbocycles. The van der Waals surface area contributed by atoms with Crippen molar-refractivity contribution < 1.29 is 23.9 Å². The van der Waals surface area contributed by atoms with Crippen molar-refractivity contribution in [3.8, 4) is 0 Å². The van der Waals surface area contributed by atoms with Crippen LogP contribution in [0.3, 0.4) is 0 Å². The quantitative estimate of drug-likeness (QED) is 0.528. The Morgan fingerprint density at radius 2 is 2.00 bits per heavy atom. The Bertz CT molecular complexity index is 344. The fraction of sp³-hybridized carbons (Fsp3) is 0.727. The van der Waals surface area contributed by atoms with Crippen LogP contribution in [-0.4, -0.2) is 47.5 Å². The summed E-state index contributed by atoms with van der Waals surface area (Å²) < 4.78 is 9.79. The van der Waals surface area contributed by atoms with E-state index >= 15 is 0 Å². The maximum absolute atomic E-state index is 11.6. The molecule has 0 bridgehead atoms. The Kier molecular flexibility index (Phi) is 3.75. The van der Waals surface area contributed by atoms with E-state index in [9.17, 15) is 14.4 Å². The smallest absolute Gasteiger partial charge is 0.411 e. The average Bonchev–Trinajstić information content (AvgIpc) is 2.11. The lowest BCUT2D eigenvalue weighted by Gasteiger charge is -2.37. The second-order valence-corrected chi connectivity index (χ2v) is 4.73. The van der Waals surface area contributed by atoms with E-state index in [1.54, 1.807) is 27.7 Å². The van der Waals surface area contributed by atoms with Gasteiger partial charge in [0, 0.05) is 0 Å². The molecule has 6 heteroatoms. The highest BCUT2D eigenvalue weighted by atomic mass is 16.6. The summed E-state index contributed by atoms with van der Waals surface area (Å²) in [7, 11) is 0. The molecule has 1 atom stereocenters. The zero-order chi connectivity index (χ0) is 13.2. The number of ketones is 1. The number of rotatable bonds is 2. The van der Waals surface area contributed by atoms with Crippen molar-refractivity contribution in [1.29, 1.82) is 0 Å². The maximum atomic E-state index is 11.6. The van der Waals surface area contributed by atoms with Gasteiger partial charge in [0.05, 0.1) is 13.2 Å². The number of nitrogens with zero attached hydrogens (tertiary/aromatic N) is 1. The molecule has 0 aliphatic carbocycles. The molecule has 0 N–H and O–H groups in total. The van der Waals surface area contributed by atoms with Crippen LogP contribution in [0.25, 0.3) is 0 Å². The number of carbonyl (C=O) groups excluding carboxylic acids is 3. The van der Waals surface area contributed by atoms with Gasteiger partial charge in [0.1, 0.15) is 5.60 Å². The van der Waals surface area contributed by atoms with Gasteiger partial charge in [-0.25, -0.2) is 9.59 Å². The first-order valence-corrected chi connectivity index (χ1v) is 5.45. The van der Waals surface area contributed by atoms with E-state index in [4.69, 9.17) is 9.47 Å². The molecule has 0 aromatic rings. The first kappa shape index (κ1) is 13.5. The van der Waals surface area contributed by atoms with Crippen LogP contribution in [0.4, 0.5) is 4.79 Å². The molecule has 1 aliphatic heterocycles. The molecule has 0 spiro atoms. The van der Waals surface area contributed by atoms with Crippen molar-refractivity contribution in [3.63, 3.8) is 0 Å². The molecule has 17 heavy (non-hydrogen) atoms. The van der Waals surface area contributed by atoms with Gasteiger partial charge in [0.2, 0.25) is 0 Å². The average molecular weight is 243 g/mol. The van der Waals surface area contributed by atoms with Gasteiger partial charge in [0.25, 0.3) is 0 Å². The van der Waals surface area contributed by atoms with Gasteiger partial charge in [-0.15, -0.1) is 0 Å². The fourth-order valence-corrected chi connectivity index (χ4v) is 1.38. The van der Waals surface area contributed by atoms with Gasteiger partial charge >= 0.3 is 12.1 Å². The molecule has 0 saturated carbocycles. The third-order valence-corrected chi connectivity index (χ3v) is 2.08. The van der Waals surface area contributed by atoms with E-state index in [0.29, 0.717) is 0 Å². The minimum absolute atomic E-state index is 0.0988. The van der Waals surface area contributed by atoms with Crippen molar-refractivity contribution in [2.24, 2.45) is 0 Å². The Labute approximate surface area is 99.9 Å². The molecule has 1 heterocycles. The van der Waals surface area contributed by atoms with E-state index in [2.05, 4.69) is 0 Å². The van der Waals surface area contributed by atoms with Crippen LogP contribution in [0.1, 0.15) is 27.7 Å². The Morgan fingerprint density at radius 1 is 1.41 bits per heavy atom. The number of ether oxygens (including phenoxy) is 2. The molecule has 1 fully saturated rings. The van der Waals surface area contributed by atoms with Gasteiger partial charge in [-0.1, -0.05) is 0 Å². The van der Waals surface area contributed by atoms with Gasteiger partial charge < -0.3 is 9.47 Å². The van der Waals surface area contributed by atoms with Gasteiger partial charge in [-0.05, 0) is 27.7 Å². The Morgan fingerprint density at radius 3 is 2.41 bits per heavy atom. The highest BCUT2D eigenvalue weighted by Gasteiger charge is 2.48. The molecule has 6 nitrogen and oxygen atoms in total. The highest BCUT2D eigenvalue weighted by Crippen LogP contribution is 2.19. The van der Waals surface area contributed by atoms with Gasteiger partial charge in [0.15, 0.2) is 11.8 Å². The molecule has 0 aromatic heterocycles. The molecule has 1 unspecified atom stereocenters. The van der Waals surface area contributed by atoms with Crippen molar-refractivity contribution >= 4 is 17.8 Å². The first-order valence-electron chi connectivity index (χ1n) is 5.45. The second-order valence-electron chi connectivity index (χ2n) is 4.73. The summed E-state index contributed by atoms with van der Waals surface area (Å²) in [5.74, 6) is -1.02. The zero-order valence-electron chi connectivity index (χ0n) is 10.5. The molecule has 96 valence electrons. The van der Waals surface area contributed by atoms with E-state index in [1.165, 1.54) is 0 Å². The highest BCUT2D eigenvalue weighted by molar-refractivity contribution is 6.12. The maximum Gasteiger partial charge on any atom is 0.411 e. The number of amides is 1. The SMILES string of the molecule is CCOC(=O)C1C(=O)CN1C(=O)OC(C)(C)C. The predicted octanol–water partition coefficient (Wildman–Crippen LogP) is 0.738. The fourth-order valence-electron chi connectivity index (χ4n) is 1.38. The minimum atomic E-state index is -1.13. The van der Waals surface area contributed by atoms with Crippen molar-refractivity contribution in [2.75, 3.05) is 13.2 Å².